The molecule has 29 heavy (non-hydrogen) atoms. The molecule has 1 saturated heterocycles. The smallest absolute Gasteiger partial charge is 0.319 e. The molecule has 0 aliphatic carbocycles. The molecule has 2 amide bonds. The summed E-state index contributed by atoms with van der Waals surface area (Å²) in [7, 11) is 0. The maximum atomic E-state index is 12.2. The molecule has 7 heteroatoms. The second kappa shape index (κ2) is 8.86. The van der Waals surface area contributed by atoms with Gasteiger partial charge in [-0.15, -0.1) is 0 Å². The van der Waals surface area contributed by atoms with Gasteiger partial charge in [0.2, 0.25) is 0 Å². The van der Waals surface area contributed by atoms with Gasteiger partial charge in [0.1, 0.15) is 11.3 Å². The molecule has 3 aromatic rings. The molecule has 0 bridgehead atoms. The minimum absolute atomic E-state index is 0.185. The molecule has 2 heterocycles. The molecule has 0 radical (unpaired) electrons. The highest BCUT2D eigenvalue weighted by Crippen LogP contribution is 2.26. The Morgan fingerprint density at radius 1 is 1.17 bits per heavy atom. The Balaban J connectivity index is 1.21. The van der Waals surface area contributed by atoms with Gasteiger partial charge in [-0.1, -0.05) is 12.1 Å². The molecule has 1 aromatic heterocycles. The van der Waals surface area contributed by atoms with Gasteiger partial charge in [0, 0.05) is 25.3 Å². The Bertz CT molecular complexity index is 913. The van der Waals surface area contributed by atoms with Gasteiger partial charge in [-0.2, -0.15) is 4.98 Å². The number of carbonyl (C=O) groups is 1. The van der Waals surface area contributed by atoms with Crippen molar-refractivity contribution in [2.24, 2.45) is 5.92 Å². The van der Waals surface area contributed by atoms with Crippen molar-refractivity contribution in [2.45, 2.75) is 19.8 Å². The Labute approximate surface area is 170 Å². The van der Waals surface area contributed by atoms with E-state index in [0.717, 1.165) is 48.5 Å². The zero-order valence-electron chi connectivity index (χ0n) is 16.6. The number of fused-ring (bicyclic) bond motifs is 1. The van der Waals surface area contributed by atoms with Crippen molar-refractivity contribution in [2.75, 3.05) is 36.5 Å². The fourth-order valence-corrected chi connectivity index (χ4v) is 3.54. The van der Waals surface area contributed by atoms with Crippen molar-refractivity contribution in [3.05, 3.63) is 48.5 Å². The van der Waals surface area contributed by atoms with Crippen molar-refractivity contribution in [1.29, 1.82) is 0 Å². The Morgan fingerprint density at radius 3 is 2.66 bits per heavy atom. The van der Waals surface area contributed by atoms with E-state index in [4.69, 9.17) is 9.15 Å². The average molecular weight is 394 g/mol. The lowest BCUT2D eigenvalue weighted by molar-refractivity contribution is 0.248. The van der Waals surface area contributed by atoms with Crippen LogP contribution in [0.3, 0.4) is 0 Å². The van der Waals surface area contributed by atoms with E-state index in [0.29, 0.717) is 25.1 Å². The van der Waals surface area contributed by atoms with Crippen LogP contribution in [0.1, 0.15) is 19.8 Å². The summed E-state index contributed by atoms with van der Waals surface area (Å²) in [6.07, 6.45) is 1.98. The van der Waals surface area contributed by atoms with Crippen LogP contribution in [0.5, 0.6) is 5.75 Å². The van der Waals surface area contributed by atoms with Crippen molar-refractivity contribution in [3.8, 4) is 5.75 Å². The van der Waals surface area contributed by atoms with Gasteiger partial charge >= 0.3 is 6.03 Å². The van der Waals surface area contributed by atoms with Gasteiger partial charge in [0.05, 0.1) is 6.61 Å². The lowest BCUT2D eigenvalue weighted by Crippen LogP contribution is -2.39. The number of urea groups is 1. The Hall–Kier alpha value is -3.22. The highest BCUT2D eigenvalue weighted by molar-refractivity contribution is 5.89. The first-order valence-corrected chi connectivity index (χ1v) is 10.1. The van der Waals surface area contributed by atoms with Crippen molar-refractivity contribution in [1.82, 2.24) is 10.3 Å². The summed E-state index contributed by atoms with van der Waals surface area (Å²) in [5.74, 6) is 1.24. The number of nitrogens with one attached hydrogen (secondary N) is 2. The maximum Gasteiger partial charge on any atom is 0.319 e. The molecule has 7 nitrogen and oxygen atoms in total. The van der Waals surface area contributed by atoms with Crippen LogP contribution in [-0.2, 0) is 0 Å². The molecule has 0 spiro atoms. The number of amides is 2. The monoisotopic (exact) mass is 394 g/mol. The predicted octanol–water partition coefficient (Wildman–Crippen LogP) is 4.26. The number of hydrogen-bond donors (Lipinski definition) is 2. The van der Waals surface area contributed by atoms with Crippen molar-refractivity contribution >= 4 is 28.8 Å². The van der Waals surface area contributed by atoms with Crippen molar-refractivity contribution < 1.29 is 13.9 Å². The number of benzene rings is 2. The predicted molar refractivity (Wildman–Crippen MR) is 114 cm³/mol. The SMILES string of the molecule is CCOc1ccc(NC(=O)NCC2CCN(c3nc4ccccc4o3)CC2)cc1. The van der Waals surface area contributed by atoms with Gasteiger partial charge in [0.25, 0.3) is 6.01 Å². The number of aromatic nitrogens is 1. The molecule has 0 atom stereocenters. The first-order chi connectivity index (χ1) is 14.2. The van der Waals surface area contributed by atoms with Crippen LogP contribution in [0.15, 0.2) is 52.9 Å². The summed E-state index contributed by atoms with van der Waals surface area (Å²) in [6, 6.07) is 15.7. The number of nitrogens with zero attached hydrogens (tertiary/aromatic N) is 2. The topological polar surface area (TPSA) is 79.6 Å². The standard InChI is InChI=1S/C22H26N4O3/c1-2-28-18-9-7-17(8-10-18)24-21(27)23-15-16-11-13-26(14-12-16)22-25-19-5-3-4-6-20(19)29-22/h3-10,16H,2,11-15H2,1H3,(H2,23,24,27). The van der Waals surface area contributed by atoms with E-state index in [-0.39, 0.29) is 6.03 Å². The van der Waals surface area contributed by atoms with E-state index in [9.17, 15) is 4.79 Å². The molecule has 1 fully saturated rings. The lowest BCUT2D eigenvalue weighted by atomic mass is 9.97. The number of rotatable bonds is 6. The zero-order valence-corrected chi connectivity index (χ0v) is 16.6. The molecule has 1 aliphatic rings. The third kappa shape index (κ3) is 4.80. The van der Waals surface area contributed by atoms with E-state index < -0.39 is 0 Å². The number of hydrogen-bond acceptors (Lipinski definition) is 5. The van der Waals surface area contributed by atoms with Crippen molar-refractivity contribution in [3.63, 3.8) is 0 Å². The summed E-state index contributed by atoms with van der Waals surface area (Å²) in [5, 5.41) is 5.84. The van der Waals surface area contributed by atoms with Gasteiger partial charge in [-0.25, -0.2) is 4.79 Å². The minimum Gasteiger partial charge on any atom is -0.494 e. The first-order valence-electron chi connectivity index (χ1n) is 10.1. The summed E-state index contributed by atoms with van der Waals surface area (Å²) in [4.78, 5) is 18.9. The lowest BCUT2D eigenvalue weighted by Gasteiger charge is -2.30. The average Bonchev–Trinajstić information content (AvgIpc) is 3.19. The van der Waals surface area contributed by atoms with Crippen LogP contribution in [0.4, 0.5) is 16.5 Å². The van der Waals surface area contributed by atoms with Crippen LogP contribution in [-0.4, -0.2) is 37.3 Å². The number of ether oxygens (including phenoxy) is 1. The van der Waals surface area contributed by atoms with Gasteiger partial charge in [-0.3, -0.25) is 0 Å². The third-order valence-corrected chi connectivity index (χ3v) is 5.14. The fraction of sp³-hybridized carbons (Fsp3) is 0.364. The second-order valence-electron chi connectivity index (χ2n) is 7.19. The third-order valence-electron chi connectivity index (χ3n) is 5.14. The van der Waals surface area contributed by atoms with E-state index in [1.54, 1.807) is 0 Å². The molecule has 0 unspecified atom stereocenters. The van der Waals surface area contributed by atoms with Crippen LogP contribution in [0.2, 0.25) is 0 Å². The van der Waals surface area contributed by atoms with Crippen LogP contribution >= 0.6 is 0 Å². The summed E-state index contributed by atoms with van der Waals surface area (Å²) in [5.41, 5.74) is 2.45. The molecule has 2 aromatic carbocycles. The molecule has 2 N–H and O–H groups in total. The maximum absolute atomic E-state index is 12.2. The van der Waals surface area contributed by atoms with Gasteiger partial charge < -0.3 is 24.7 Å². The molecule has 4 rings (SSSR count). The van der Waals surface area contributed by atoms with E-state index >= 15 is 0 Å². The number of carbonyl (C=O) groups excluding carboxylic acids is 1. The highest BCUT2D eigenvalue weighted by atomic mass is 16.5. The molecular weight excluding hydrogens is 368 g/mol. The van der Waals surface area contributed by atoms with Crippen LogP contribution < -0.4 is 20.3 Å². The van der Waals surface area contributed by atoms with Gasteiger partial charge in [-0.05, 0) is 62.1 Å². The number of para-hydroxylation sites is 2. The van der Waals surface area contributed by atoms with E-state index in [1.807, 2.05) is 55.5 Å². The largest absolute Gasteiger partial charge is 0.494 e. The molecule has 1 aliphatic heterocycles. The summed E-state index contributed by atoms with van der Waals surface area (Å²) < 4.78 is 11.3. The Kier molecular flexibility index (Phi) is 5.84. The normalized spacial score (nSPS) is 14.7. The molecule has 0 saturated carbocycles. The highest BCUT2D eigenvalue weighted by Gasteiger charge is 2.23. The van der Waals surface area contributed by atoms with E-state index in [1.165, 1.54) is 0 Å². The number of piperidine rings is 1. The summed E-state index contributed by atoms with van der Waals surface area (Å²) in [6.45, 7) is 4.97. The fourth-order valence-electron chi connectivity index (χ4n) is 3.54. The molecule has 152 valence electrons. The van der Waals surface area contributed by atoms with Gasteiger partial charge in [0.15, 0.2) is 5.58 Å². The Morgan fingerprint density at radius 2 is 1.93 bits per heavy atom. The number of anilines is 2. The number of oxazole rings is 1. The zero-order chi connectivity index (χ0) is 20.1. The second-order valence-corrected chi connectivity index (χ2v) is 7.19. The van der Waals surface area contributed by atoms with Crippen LogP contribution in [0, 0.1) is 5.92 Å². The molecular formula is C22H26N4O3. The van der Waals surface area contributed by atoms with E-state index in [2.05, 4.69) is 20.5 Å². The minimum atomic E-state index is -0.185. The van der Waals surface area contributed by atoms with Crippen LogP contribution in [0.25, 0.3) is 11.1 Å². The summed E-state index contributed by atoms with van der Waals surface area (Å²) >= 11 is 0. The first kappa shape index (κ1) is 19.1. The quantitative estimate of drug-likeness (QED) is 0.653.